The third-order valence-electron chi connectivity index (χ3n) is 3.59. The van der Waals surface area contributed by atoms with E-state index in [9.17, 15) is 0 Å². The van der Waals surface area contributed by atoms with E-state index in [1.165, 1.54) is 0 Å². The van der Waals surface area contributed by atoms with Crippen LogP contribution >= 0.6 is 15.9 Å². The van der Waals surface area contributed by atoms with Gasteiger partial charge in [-0.2, -0.15) is 0 Å². The van der Waals surface area contributed by atoms with E-state index < -0.39 is 0 Å². The number of nitrogens with zero attached hydrogens (tertiary/aromatic N) is 2. The molecule has 0 atom stereocenters. The summed E-state index contributed by atoms with van der Waals surface area (Å²) in [5.74, 6) is 0. The minimum absolute atomic E-state index is 0.801. The Morgan fingerprint density at radius 1 is 0.909 bits per heavy atom. The van der Waals surface area contributed by atoms with Gasteiger partial charge in [0.1, 0.15) is 5.52 Å². The van der Waals surface area contributed by atoms with Gasteiger partial charge >= 0.3 is 0 Å². The van der Waals surface area contributed by atoms with Crippen molar-refractivity contribution in [3.05, 3.63) is 71.5 Å². The number of nitrogens with one attached hydrogen (secondary N) is 1. The van der Waals surface area contributed by atoms with E-state index in [1.54, 1.807) is 6.20 Å². The molecule has 0 amide bonds. The Labute approximate surface area is 136 Å². The van der Waals surface area contributed by atoms with Gasteiger partial charge in [0.25, 0.3) is 0 Å². The maximum absolute atomic E-state index is 4.80. The van der Waals surface area contributed by atoms with Crippen molar-refractivity contribution in [3.8, 4) is 22.4 Å². The van der Waals surface area contributed by atoms with E-state index >= 15 is 0 Å². The Kier molecular flexibility index (Phi) is 3.24. The average molecular weight is 350 g/mol. The summed E-state index contributed by atoms with van der Waals surface area (Å²) in [4.78, 5) is 12.5. The van der Waals surface area contributed by atoms with Gasteiger partial charge in [-0.05, 0) is 17.7 Å². The second kappa shape index (κ2) is 5.39. The van der Waals surface area contributed by atoms with Crippen molar-refractivity contribution in [2.24, 2.45) is 0 Å². The van der Waals surface area contributed by atoms with Gasteiger partial charge in [0.15, 0.2) is 5.65 Å². The van der Waals surface area contributed by atoms with E-state index in [4.69, 9.17) is 4.98 Å². The molecule has 0 unspecified atom stereocenters. The lowest BCUT2D eigenvalue weighted by Crippen LogP contribution is -1.88. The number of halogens is 1. The number of aromatic nitrogens is 3. The normalized spacial score (nSPS) is 11.0. The van der Waals surface area contributed by atoms with Gasteiger partial charge in [0.2, 0.25) is 0 Å². The van der Waals surface area contributed by atoms with Crippen LogP contribution in [-0.2, 0) is 0 Å². The zero-order valence-electron chi connectivity index (χ0n) is 11.6. The van der Waals surface area contributed by atoms with Crippen LogP contribution in [0.15, 0.2) is 71.5 Å². The molecule has 0 saturated carbocycles. The largest absolute Gasteiger partial charge is 0.344 e. The Morgan fingerprint density at radius 3 is 2.55 bits per heavy atom. The van der Waals surface area contributed by atoms with Crippen LogP contribution in [0.25, 0.3) is 33.5 Å². The first kappa shape index (κ1) is 13.2. The lowest BCUT2D eigenvalue weighted by Gasteiger charge is -2.03. The molecule has 2 aromatic heterocycles. The van der Waals surface area contributed by atoms with Crippen LogP contribution in [0.2, 0.25) is 0 Å². The molecule has 2 aromatic carbocycles. The molecule has 1 N–H and O–H groups in total. The van der Waals surface area contributed by atoms with Gasteiger partial charge in [0, 0.05) is 21.8 Å². The summed E-state index contributed by atoms with van der Waals surface area (Å²) < 4.78 is 1.05. The van der Waals surface area contributed by atoms with E-state index in [1.807, 2.05) is 48.7 Å². The molecule has 4 heteroatoms. The highest BCUT2D eigenvalue weighted by Crippen LogP contribution is 2.29. The zero-order chi connectivity index (χ0) is 14.9. The van der Waals surface area contributed by atoms with Crippen molar-refractivity contribution in [1.29, 1.82) is 0 Å². The van der Waals surface area contributed by atoms with Gasteiger partial charge in [-0.1, -0.05) is 58.4 Å². The van der Waals surface area contributed by atoms with Gasteiger partial charge in [-0.15, -0.1) is 0 Å². The first-order chi connectivity index (χ1) is 10.8. The molecule has 2 heterocycles. The van der Waals surface area contributed by atoms with Crippen LogP contribution < -0.4 is 0 Å². The average Bonchev–Trinajstić information content (AvgIpc) is 2.99. The van der Waals surface area contributed by atoms with Gasteiger partial charge in [-0.25, -0.2) is 9.97 Å². The standard InChI is InChI=1S/C18H12BrN3/c19-14-8-4-7-13(9-14)15-10-20-18-17(15)22-16(11-21-18)12-5-2-1-3-6-12/h1-11H,(H,20,21). The van der Waals surface area contributed by atoms with Gasteiger partial charge in [-0.3, -0.25) is 0 Å². The lowest BCUT2D eigenvalue weighted by molar-refractivity contribution is 1.26. The molecular formula is C18H12BrN3. The maximum Gasteiger partial charge on any atom is 0.156 e. The number of hydrogen-bond donors (Lipinski definition) is 1. The summed E-state index contributed by atoms with van der Waals surface area (Å²) in [6.45, 7) is 0. The molecule has 0 bridgehead atoms. The van der Waals surface area contributed by atoms with Crippen LogP contribution in [0, 0.1) is 0 Å². The van der Waals surface area contributed by atoms with Crippen LogP contribution in [0.1, 0.15) is 0 Å². The van der Waals surface area contributed by atoms with Crippen molar-refractivity contribution >= 4 is 27.1 Å². The fraction of sp³-hybridized carbons (Fsp3) is 0. The summed E-state index contributed by atoms with van der Waals surface area (Å²) in [5, 5.41) is 0. The highest BCUT2D eigenvalue weighted by Gasteiger charge is 2.10. The molecule has 0 aliphatic heterocycles. The monoisotopic (exact) mass is 349 g/mol. The number of rotatable bonds is 2. The highest BCUT2D eigenvalue weighted by atomic mass is 79.9. The topological polar surface area (TPSA) is 41.6 Å². The summed E-state index contributed by atoms with van der Waals surface area (Å²) in [6, 6.07) is 18.3. The molecule has 0 radical (unpaired) electrons. The third kappa shape index (κ3) is 2.31. The SMILES string of the molecule is Brc1cccc(-c2c[nH]c3ncc(-c4ccccc4)nc23)c1. The Balaban J connectivity index is 1.91. The predicted octanol–water partition coefficient (Wildman–Crippen LogP) is 5.05. The van der Waals surface area contributed by atoms with Crippen molar-refractivity contribution in [1.82, 2.24) is 15.0 Å². The number of hydrogen-bond acceptors (Lipinski definition) is 2. The number of aromatic amines is 1. The molecule has 0 spiro atoms. The van der Waals surface area contributed by atoms with Crippen molar-refractivity contribution in [3.63, 3.8) is 0 Å². The fourth-order valence-corrected chi connectivity index (χ4v) is 2.91. The summed E-state index contributed by atoms with van der Waals surface area (Å²) >= 11 is 3.52. The Hall–Kier alpha value is -2.46. The van der Waals surface area contributed by atoms with Gasteiger partial charge in [0.05, 0.1) is 11.9 Å². The van der Waals surface area contributed by atoms with Crippen LogP contribution in [-0.4, -0.2) is 15.0 Å². The van der Waals surface area contributed by atoms with Crippen LogP contribution in [0.5, 0.6) is 0 Å². The Morgan fingerprint density at radius 2 is 1.73 bits per heavy atom. The fourth-order valence-electron chi connectivity index (χ4n) is 2.52. The molecule has 4 aromatic rings. The molecule has 0 fully saturated rings. The molecule has 4 rings (SSSR count). The second-order valence-electron chi connectivity index (χ2n) is 5.03. The van der Waals surface area contributed by atoms with E-state index in [0.29, 0.717) is 0 Å². The molecule has 0 aliphatic rings. The molecule has 22 heavy (non-hydrogen) atoms. The third-order valence-corrected chi connectivity index (χ3v) is 4.08. The summed E-state index contributed by atoms with van der Waals surface area (Å²) in [5.41, 5.74) is 5.80. The van der Waals surface area contributed by atoms with E-state index in [0.717, 1.165) is 38.0 Å². The van der Waals surface area contributed by atoms with Crippen molar-refractivity contribution < 1.29 is 0 Å². The molecule has 0 aliphatic carbocycles. The lowest BCUT2D eigenvalue weighted by atomic mass is 10.1. The summed E-state index contributed by atoms with van der Waals surface area (Å²) in [6.07, 6.45) is 3.76. The molecule has 3 nitrogen and oxygen atoms in total. The van der Waals surface area contributed by atoms with E-state index in [2.05, 4.69) is 38.0 Å². The maximum atomic E-state index is 4.80. The number of benzene rings is 2. The van der Waals surface area contributed by atoms with Crippen LogP contribution in [0.3, 0.4) is 0 Å². The quantitative estimate of drug-likeness (QED) is 0.549. The van der Waals surface area contributed by atoms with Crippen LogP contribution in [0.4, 0.5) is 0 Å². The van der Waals surface area contributed by atoms with Crippen molar-refractivity contribution in [2.45, 2.75) is 0 Å². The Bertz CT molecular complexity index is 945. The molecule has 106 valence electrons. The first-order valence-electron chi connectivity index (χ1n) is 6.97. The minimum atomic E-state index is 0.801. The molecule has 0 saturated heterocycles. The van der Waals surface area contributed by atoms with E-state index in [-0.39, 0.29) is 0 Å². The zero-order valence-corrected chi connectivity index (χ0v) is 13.2. The minimum Gasteiger partial charge on any atom is -0.344 e. The predicted molar refractivity (Wildman–Crippen MR) is 92.5 cm³/mol. The smallest absolute Gasteiger partial charge is 0.156 e. The number of fused-ring (bicyclic) bond motifs is 1. The van der Waals surface area contributed by atoms with Crippen molar-refractivity contribution in [2.75, 3.05) is 0 Å². The highest BCUT2D eigenvalue weighted by molar-refractivity contribution is 9.10. The molecular weight excluding hydrogens is 338 g/mol. The first-order valence-corrected chi connectivity index (χ1v) is 7.76. The second-order valence-corrected chi connectivity index (χ2v) is 5.95. The number of H-pyrrole nitrogens is 1. The summed E-state index contributed by atoms with van der Waals surface area (Å²) in [7, 11) is 0. The van der Waals surface area contributed by atoms with Gasteiger partial charge < -0.3 is 4.98 Å².